The monoisotopic (exact) mass is 379 g/mol. The summed E-state index contributed by atoms with van der Waals surface area (Å²) >= 11 is 3.52. The molecule has 2 N–H and O–H groups in total. The number of hydrogen-bond donors (Lipinski definition) is 2. The van der Waals surface area contributed by atoms with E-state index in [-0.39, 0.29) is 11.9 Å². The predicted octanol–water partition coefficient (Wildman–Crippen LogP) is 2.78. The summed E-state index contributed by atoms with van der Waals surface area (Å²) in [6.45, 7) is 4.46. The number of benzene rings is 1. The molecule has 0 bridgehead atoms. The second-order valence-electron chi connectivity index (χ2n) is 5.43. The smallest absolute Gasteiger partial charge is 0.264 e. The quantitative estimate of drug-likeness (QED) is 0.536. The lowest BCUT2D eigenvalue weighted by molar-refractivity contribution is 0.0309. The molecule has 0 amide bonds. The van der Waals surface area contributed by atoms with Crippen LogP contribution in [0.2, 0.25) is 0 Å². The Balaban J connectivity index is 2.72. The molecule has 0 spiro atoms. The Labute approximate surface area is 135 Å². The van der Waals surface area contributed by atoms with E-state index in [0.717, 1.165) is 10.0 Å². The molecule has 0 aliphatic carbocycles. The Morgan fingerprint density at radius 1 is 1.38 bits per heavy atom. The molecule has 0 saturated heterocycles. The van der Waals surface area contributed by atoms with Crippen LogP contribution in [-0.2, 0) is 14.9 Å². The molecule has 0 fully saturated rings. The average Bonchev–Trinajstić information content (AvgIpc) is 2.36. The first-order chi connectivity index (χ1) is 9.67. The fourth-order valence-corrected chi connectivity index (χ4v) is 3.26. The maximum absolute atomic E-state index is 10.7. The van der Waals surface area contributed by atoms with Crippen LogP contribution in [0.3, 0.4) is 0 Å². The van der Waals surface area contributed by atoms with E-state index < -0.39 is 15.7 Å². The van der Waals surface area contributed by atoms with Gasteiger partial charge in [-0.2, -0.15) is 8.42 Å². The number of hydrogen-bond acceptors (Lipinski definition) is 4. The third-order valence-corrected chi connectivity index (χ3v) is 4.77. The molecule has 7 heteroatoms. The Morgan fingerprint density at radius 3 is 2.52 bits per heavy atom. The molecule has 1 unspecified atom stereocenters. The van der Waals surface area contributed by atoms with Gasteiger partial charge < -0.3 is 10.1 Å². The molecule has 0 saturated carbocycles. The van der Waals surface area contributed by atoms with E-state index in [1.54, 1.807) is 7.11 Å². The summed E-state index contributed by atoms with van der Waals surface area (Å²) in [5.41, 5.74) is 0.630. The first kappa shape index (κ1) is 18.6. The third-order valence-electron chi connectivity index (χ3n) is 3.24. The van der Waals surface area contributed by atoms with Crippen LogP contribution < -0.4 is 5.32 Å². The summed E-state index contributed by atoms with van der Waals surface area (Å²) in [6.07, 6.45) is 0.146. The zero-order valence-electron chi connectivity index (χ0n) is 12.5. The largest absolute Gasteiger partial charge is 0.375 e. The second-order valence-corrected chi connectivity index (χ2v) is 7.85. The predicted molar refractivity (Wildman–Crippen MR) is 87.0 cm³/mol. The van der Waals surface area contributed by atoms with Gasteiger partial charge in [-0.1, -0.05) is 34.1 Å². The molecule has 1 aromatic carbocycles. The molecule has 1 rings (SSSR count). The number of nitrogens with one attached hydrogen (secondary N) is 1. The van der Waals surface area contributed by atoms with E-state index in [1.165, 1.54) is 0 Å². The molecule has 0 aliphatic rings. The summed E-state index contributed by atoms with van der Waals surface area (Å²) in [4.78, 5) is 0. The van der Waals surface area contributed by atoms with Gasteiger partial charge in [0.25, 0.3) is 10.1 Å². The molecule has 0 radical (unpaired) electrons. The Hall–Kier alpha value is -0.470. The van der Waals surface area contributed by atoms with Crippen molar-refractivity contribution in [3.8, 4) is 0 Å². The van der Waals surface area contributed by atoms with E-state index >= 15 is 0 Å². The normalized spacial score (nSPS) is 14.1. The maximum atomic E-state index is 10.7. The van der Waals surface area contributed by atoms with Crippen molar-refractivity contribution in [1.82, 2.24) is 5.32 Å². The maximum Gasteiger partial charge on any atom is 0.264 e. The van der Waals surface area contributed by atoms with Crippen LogP contribution in [0.25, 0.3) is 0 Å². The summed E-state index contributed by atoms with van der Waals surface area (Å²) in [6, 6.07) is 7.82. The van der Waals surface area contributed by atoms with Crippen molar-refractivity contribution in [2.75, 3.05) is 19.4 Å². The van der Waals surface area contributed by atoms with Crippen molar-refractivity contribution in [2.24, 2.45) is 0 Å². The van der Waals surface area contributed by atoms with Crippen LogP contribution in [0.4, 0.5) is 0 Å². The minimum atomic E-state index is -3.91. The van der Waals surface area contributed by atoms with Gasteiger partial charge in [0, 0.05) is 17.1 Å². The fourth-order valence-electron chi connectivity index (χ4n) is 2.26. The summed E-state index contributed by atoms with van der Waals surface area (Å²) < 4.78 is 36.7. The van der Waals surface area contributed by atoms with Gasteiger partial charge in [0.2, 0.25) is 0 Å². The summed E-state index contributed by atoms with van der Waals surface area (Å²) in [5.74, 6) is -0.247. The SMILES string of the molecule is COC(c1ccccc1Br)C(C)(C)NCCCS(=O)(=O)O. The second kappa shape index (κ2) is 7.69. The van der Waals surface area contributed by atoms with Gasteiger partial charge in [0.1, 0.15) is 6.10 Å². The van der Waals surface area contributed by atoms with Gasteiger partial charge in [-0.25, -0.2) is 0 Å². The summed E-state index contributed by atoms with van der Waals surface area (Å²) in [7, 11) is -2.26. The molecular formula is C14H22BrNO4S. The molecule has 120 valence electrons. The minimum Gasteiger partial charge on any atom is -0.375 e. The zero-order chi connectivity index (χ0) is 16.1. The van der Waals surface area contributed by atoms with Crippen LogP contribution in [-0.4, -0.2) is 37.9 Å². The third kappa shape index (κ3) is 6.04. The van der Waals surface area contributed by atoms with Crippen LogP contribution in [0.5, 0.6) is 0 Å². The molecule has 1 atom stereocenters. The minimum absolute atomic E-state index is 0.196. The topological polar surface area (TPSA) is 75.6 Å². The van der Waals surface area contributed by atoms with E-state index in [1.807, 2.05) is 38.1 Å². The number of methoxy groups -OCH3 is 1. The van der Waals surface area contributed by atoms with E-state index in [9.17, 15) is 8.42 Å². The number of ether oxygens (including phenoxy) is 1. The molecule has 0 aliphatic heterocycles. The lowest BCUT2D eigenvalue weighted by atomic mass is 9.91. The van der Waals surface area contributed by atoms with Crippen LogP contribution >= 0.6 is 15.9 Å². The fraction of sp³-hybridized carbons (Fsp3) is 0.571. The van der Waals surface area contributed by atoms with Gasteiger partial charge in [0.15, 0.2) is 0 Å². The van der Waals surface area contributed by atoms with Crippen molar-refractivity contribution in [1.29, 1.82) is 0 Å². The lowest BCUT2D eigenvalue weighted by Gasteiger charge is -2.35. The highest BCUT2D eigenvalue weighted by atomic mass is 79.9. The van der Waals surface area contributed by atoms with Crippen LogP contribution in [0.1, 0.15) is 31.9 Å². The van der Waals surface area contributed by atoms with Crippen LogP contribution in [0, 0.1) is 0 Å². The van der Waals surface area contributed by atoms with Gasteiger partial charge in [-0.15, -0.1) is 0 Å². The number of halogens is 1. The average molecular weight is 380 g/mol. The van der Waals surface area contributed by atoms with Crippen molar-refractivity contribution < 1.29 is 17.7 Å². The molecule has 0 heterocycles. The lowest BCUT2D eigenvalue weighted by Crippen LogP contribution is -2.46. The Kier molecular flexibility index (Phi) is 6.80. The van der Waals surface area contributed by atoms with Gasteiger partial charge in [-0.05, 0) is 38.4 Å². The van der Waals surface area contributed by atoms with E-state index in [2.05, 4.69) is 21.2 Å². The van der Waals surface area contributed by atoms with Crippen molar-refractivity contribution in [2.45, 2.75) is 31.9 Å². The first-order valence-electron chi connectivity index (χ1n) is 6.65. The van der Waals surface area contributed by atoms with Crippen molar-refractivity contribution in [3.63, 3.8) is 0 Å². The Bertz CT molecular complexity index is 560. The van der Waals surface area contributed by atoms with Gasteiger partial charge in [0.05, 0.1) is 5.75 Å². The molecule has 21 heavy (non-hydrogen) atoms. The molecule has 1 aromatic rings. The highest BCUT2D eigenvalue weighted by molar-refractivity contribution is 9.10. The van der Waals surface area contributed by atoms with Gasteiger partial charge in [-0.3, -0.25) is 4.55 Å². The highest BCUT2D eigenvalue weighted by Crippen LogP contribution is 2.33. The standard InChI is InChI=1S/C14H22BrNO4S/c1-14(2,16-9-6-10-21(17,18)19)13(20-3)11-7-4-5-8-12(11)15/h4-5,7-8,13,16H,6,9-10H2,1-3H3,(H,17,18,19). The summed E-state index contributed by atoms with van der Waals surface area (Å²) in [5, 5.41) is 3.29. The van der Waals surface area contributed by atoms with Crippen molar-refractivity contribution >= 4 is 26.0 Å². The molecule has 5 nitrogen and oxygen atoms in total. The zero-order valence-corrected chi connectivity index (χ0v) is 14.9. The van der Waals surface area contributed by atoms with E-state index in [0.29, 0.717) is 13.0 Å². The first-order valence-corrected chi connectivity index (χ1v) is 9.05. The van der Waals surface area contributed by atoms with Crippen LogP contribution in [0.15, 0.2) is 28.7 Å². The van der Waals surface area contributed by atoms with Crippen molar-refractivity contribution in [3.05, 3.63) is 34.3 Å². The van der Waals surface area contributed by atoms with E-state index in [4.69, 9.17) is 9.29 Å². The Morgan fingerprint density at radius 2 is 2.00 bits per heavy atom. The number of rotatable bonds is 8. The molecular weight excluding hydrogens is 358 g/mol. The highest BCUT2D eigenvalue weighted by Gasteiger charge is 2.31. The molecule has 0 aromatic heterocycles. The van der Waals surface area contributed by atoms with Gasteiger partial charge >= 0.3 is 0 Å².